The molecule has 104 valence electrons. The third-order valence-corrected chi connectivity index (χ3v) is 6.09. The van der Waals surface area contributed by atoms with Crippen molar-refractivity contribution in [3.05, 3.63) is 72.3 Å². The summed E-state index contributed by atoms with van der Waals surface area (Å²) in [5, 5.41) is 0.545. The van der Waals surface area contributed by atoms with E-state index in [2.05, 4.69) is 80.6 Å². The van der Waals surface area contributed by atoms with Gasteiger partial charge in [-0.15, -0.1) is 11.8 Å². The molecule has 2 aliphatic rings. The van der Waals surface area contributed by atoms with E-state index in [1.165, 1.54) is 27.2 Å². The van der Waals surface area contributed by atoms with Crippen molar-refractivity contribution in [2.75, 3.05) is 0 Å². The summed E-state index contributed by atoms with van der Waals surface area (Å²) in [5.41, 5.74) is 5.74. The molecule has 1 heteroatoms. The van der Waals surface area contributed by atoms with Crippen LogP contribution in [0.15, 0.2) is 71.7 Å². The van der Waals surface area contributed by atoms with E-state index in [1.54, 1.807) is 0 Å². The van der Waals surface area contributed by atoms with E-state index >= 15 is 0 Å². The Morgan fingerprint density at radius 1 is 0.952 bits per heavy atom. The number of hydrogen-bond donors (Lipinski definition) is 0. The summed E-state index contributed by atoms with van der Waals surface area (Å²) < 4.78 is 0. The molecule has 0 saturated carbocycles. The molecule has 0 radical (unpaired) electrons. The van der Waals surface area contributed by atoms with Gasteiger partial charge in [-0.25, -0.2) is 0 Å². The van der Waals surface area contributed by atoms with E-state index in [-0.39, 0.29) is 5.41 Å². The molecule has 2 aromatic carbocycles. The van der Waals surface area contributed by atoms with Crippen LogP contribution in [0.3, 0.4) is 0 Å². The summed E-state index contributed by atoms with van der Waals surface area (Å²) in [6.07, 6.45) is 6.84. The van der Waals surface area contributed by atoms with Gasteiger partial charge in [-0.2, -0.15) is 0 Å². The molecule has 4 rings (SSSR count). The number of allylic oxidation sites excluding steroid dienone is 3. The van der Waals surface area contributed by atoms with E-state index in [0.717, 1.165) is 0 Å². The van der Waals surface area contributed by atoms with Gasteiger partial charge in [0.1, 0.15) is 0 Å². The fraction of sp³-hybridized carbons (Fsp3) is 0.200. The fourth-order valence-electron chi connectivity index (χ4n) is 3.22. The van der Waals surface area contributed by atoms with Crippen LogP contribution in [0.2, 0.25) is 0 Å². The molecule has 0 spiro atoms. The second kappa shape index (κ2) is 4.64. The average Bonchev–Trinajstić information content (AvgIpc) is 2.87. The van der Waals surface area contributed by atoms with Gasteiger partial charge in [0, 0.05) is 10.1 Å². The van der Waals surface area contributed by atoms with Crippen molar-refractivity contribution in [2.24, 2.45) is 5.41 Å². The molecule has 0 saturated heterocycles. The van der Waals surface area contributed by atoms with Crippen LogP contribution >= 0.6 is 11.8 Å². The zero-order valence-corrected chi connectivity index (χ0v) is 13.2. The van der Waals surface area contributed by atoms with Crippen LogP contribution in [0, 0.1) is 5.41 Å². The number of rotatable bonds is 1. The van der Waals surface area contributed by atoms with E-state index in [4.69, 9.17) is 0 Å². The summed E-state index contributed by atoms with van der Waals surface area (Å²) in [5.74, 6) is 0. The second-order valence-electron chi connectivity index (χ2n) is 6.38. The van der Waals surface area contributed by atoms with Crippen molar-refractivity contribution in [2.45, 2.75) is 24.0 Å². The molecule has 1 atom stereocenters. The lowest BCUT2D eigenvalue weighted by Gasteiger charge is -2.31. The number of benzene rings is 2. The Balaban J connectivity index is 1.79. The first kappa shape index (κ1) is 13.0. The fourth-order valence-corrected chi connectivity index (χ4v) is 4.69. The maximum Gasteiger partial charge on any atom is 0.0436 e. The first-order valence-corrected chi connectivity index (χ1v) is 8.29. The van der Waals surface area contributed by atoms with Gasteiger partial charge in [-0.1, -0.05) is 74.5 Å². The molecular formula is C20H18S. The Kier molecular flexibility index (Phi) is 2.87. The smallest absolute Gasteiger partial charge is 0.0436 e. The Labute approximate surface area is 130 Å². The molecule has 1 heterocycles. The standard InChI is InChI=1S/C20H18S/c1-20(2)12-6-9-17-16-11-10-15(13-18(16)21-19(17)20)14-7-4-3-5-8-14/h3-13,19H,1-2H3. The summed E-state index contributed by atoms with van der Waals surface area (Å²) in [6.45, 7) is 4.66. The Bertz CT molecular complexity index is 751. The monoisotopic (exact) mass is 290 g/mol. The molecule has 1 aliphatic carbocycles. The largest absolute Gasteiger partial charge is 0.116 e. The van der Waals surface area contributed by atoms with Gasteiger partial charge in [-0.3, -0.25) is 0 Å². The number of thioether (sulfide) groups is 1. The highest BCUT2D eigenvalue weighted by atomic mass is 32.2. The van der Waals surface area contributed by atoms with E-state index in [1.807, 2.05) is 11.8 Å². The Hall–Kier alpha value is -1.73. The predicted octanol–water partition coefficient (Wildman–Crippen LogP) is 5.81. The van der Waals surface area contributed by atoms with Gasteiger partial charge >= 0.3 is 0 Å². The van der Waals surface area contributed by atoms with Gasteiger partial charge in [0.25, 0.3) is 0 Å². The molecule has 0 aromatic heterocycles. The Morgan fingerprint density at radius 2 is 1.76 bits per heavy atom. The lowest BCUT2D eigenvalue weighted by atomic mass is 9.79. The van der Waals surface area contributed by atoms with E-state index < -0.39 is 0 Å². The third-order valence-electron chi connectivity index (χ3n) is 4.40. The molecular weight excluding hydrogens is 272 g/mol. The highest BCUT2D eigenvalue weighted by molar-refractivity contribution is 8.01. The van der Waals surface area contributed by atoms with Crippen LogP contribution in [0.4, 0.5) is 0 Å². The SMILES string of the molecule is CC1(C)C=CC=C2c3ccc(-c4ccccc4)cc3SC21. The van der Waals surface area contributed by atoms with Gasteiger partial charge < -0.3 is 0 Å². The lowest BCUT2D eigenvalue weighted by Crippen LogP contribution is -2.24. The van der Waals surface area contributed by atoms with Crippen LogP contribution in [-0.4, -0.2) is 5.25 Å². The minimum Gasteiger partial charge on any atom is -0.116 e. The first-order valence-electron chi connectivity index (χ1n) is 7.41. The van der Waals surface area contributed by atoms with Crippen LogP contribution < -0.4 is 0 Å². The first-order chi connectivity index (χ1) is 10.1. The molecule has 0 amide bonds. The lowest BCUT2D eigenvalue weighted by molar-refractivity contribution is 0.507. The Morgan fingerprint density at radius 3 is 2.57 bits per heavy atom. The average molecular weight is 290 g/mol. The quantitative estimate of drug-likeness (QED) is 0.639. The zero-order valence-electron chi connectivity index (χ0n) is 12.3. The normalized spacial score (nSPS) is 21.6. The summed E-state index contributed by atoms with van der Waals surface area (Å²) in [7, 11) is 0. The van der Waals surface area contributed by atoms with Gasteiger partial charge in [0.2, 0.25) is 0 Å². The minimum absolute atomic E-state index is 0.223. The number of fused-ring (bicyclic) bond motifs is 3. The molecule has 0 fully saturated rings. The van der Waals surface area contributed by atoms with Crippen molar-refractivity contribution in [3.63, 3.8) is 0 Å². The molecule has 21 heavy (non-hydrogen) atoms. The van der Waals surface area contributed by atoms with Crippen LogP contribution in [0.1, 0.15) is 19.4 Å². The van der Waals surface area contributed by atoms with Crippen LogP contribution in [0.5, 0.6) is 0 Å². The van der Waals surface area contributed by atoms with E-state index in [0.29, 0.717) is 5.25 Å². The summed E-state index contributed by atoms with van der Waals surface area (Å²) >= 11 is 2.02. The second-order valence-corrected chi connectivity index (χ2v) is 7.52. The van der Waals surface area contributed by atoms with Gasteiger partial charge in [0.05, 0.1) is 0 Å². The van der Waals surface area contributed by atoms with Crippen LogP contribution in [-0.2, 0) is 0 Å². The van der Waals surface area contributed by atoms with Gasteiger partial charge in [-0.05, 0) is 33.7 Å². The third kappa shape index (κ3) is 2.08. The number of hydrogen-bond acceptors (Lipinski definition) is 1. The zero-order chi connectivity index (χ0) is 14.4. The topological polar surface area (TPSA) is 0 Å². The highest BCUT2D eigenvalue weighted by Crippen LogP contribution is 2.54. The maximum absolute atomic E-state index is 2.35. The van der Waals surface area contributed by atoms with Crippen molar-refractivity contribution < 1.29 is 0 Å². The molecule has 0 nitrogen and oxygen atoms in total. The summed E-state index contributed by atoms with van der Waals surface area (Å²) in [4.78, 5) is 1.42. The van der Waals surface area contributed by atoms with Crippen molar-refractivity contribution in [1.82, 2.24) is 0 Å². The van der Waals surface area contributed by atoms with E-state index in [9.17, 15) is 0 Å². The maximum atomic E-state index is 2.35. The highest BCUT2D eigenvalue weighted by Gasteiger charge is 2.38. The molecule has 0 N–H and O–H groups in total. The minimum atomic E-state index is 0.223. The predicted molar refractivity (Wildman–Crippen MR) is 92.4 cm³/mol. The van der Waals surface area contributed by atoms with Crippen molar-refractivity contribution >= 4 is 17.3 Å². The molecule has 0 bridgehead atoms. The molecule has 1 unspecified atom stereocenters. The van der Waals surface area contributed by atoms with Crippen LogP contribution in [0.25, 0.3) is 16.7 Å². The van der Waals surface area contributed by atoms with Crippen molar-refractivity contribution in [1.29, 1.82) is 0 Å². The van der Waals surface area contributed by atoms with Gasteiger partial charge in [0.15, 0.2) is 0 Å². The van der Waals surface area contributed by atoms with Crippen molar-refractivity contribution in [3.8, 4) is 11.1 Å². The molecule has 2 aromatic rings. The molecule has 1 aliphatic heterocycles. The summed E-state index contributed by atoms with van der Waals surface area (Å²) in [6, 6.07) is 17.5.